The van der Waals surface area contributed by atoms with Gasteiger partial charge >= 0.3 is 6.18 Å². The lowest BCUT2D eigenvalue weighted by molar-refractivity contribution is -0.138. The van der Waals surface area contributed by atoms with E-state index in [4.69, 9.17) is 19.2 Å². The Hall–Kier alpha value is -3.20. The number of halogens is 3. The Morgan fingerprint density at radius 1 is 0.906 bits per heavy atom. The quantitative estimate of drug-likeness (QED) is 0.541. The minimum atomic E-state index is -4.40. The van der Waals surface area contributed by atoms with Crippen LogP contribution < -0.4 is 24.4 Å². The highest BCUT2D eigenvalue weighted by Gasteiger charge is 2.32. The van der Waals surface area contributed by atoms with Crippen molar-refractivity contribution in [2.24, 2.45) is 0 Å². The second-order valence-electron chi connectivity index (χ2n) is 7.34. The second-order valence-corrected chi connectivity index (χ2v) is 7.34. The smallest absolute Gasteiger partial charge is 0.416 e. The van der Waals surface area contributed by atoms with E-state index in [1.54, 1.807) is 12.1 Å². The Labute approximate surface area is 184 Å². The van der Waals surface area contributed by atoms with Gasteiger partial charge in [0.2, 0.25) is 5.75 Å². The van der Waals surface area contributed by atoms with Crippen LogP contribution in [0.1, 0.15) is 16.7 Å². The molecule has 3 aromatic rings. The highest BCUT2D eigenvalue weighted by atomic mass is 19.4. The molecule has 0 aliphatic carbocycles. The van der Waals surface area contributed by atoms with E-state index < -0.39 is 11.7 Å². The zero-order valence-corrected chi connectivity index (χ0v) is 18.6. The molecule has 9 heteroatoms. The van der Waals surface area contributed by atoms with Gasteiger partial charge in [0.15, 0.2) is 11.5 Å². The van der Waals surface area contributed by atoms with Gasteiger partial charge in [-0.25, -0.2) is 4.98 Å². The summed E-state index contributed by atoms with van der Waals surface area (Å²) in [6.07, 6.45) is -4.40. The van der Waals surface area contributed by atoms with Gasteiger partial charge in [0.1, 0.15) is 5.82 Å². The minimum absolute atomic E-state index is 0.0592. The van der Waals surface area contributed by atoms with Gasteiger partial charge < -0.3 is 24.4 Å². The topological polar surface area (TPSA) is 55.9 Å². The SMILES string of the molecule is COc1cc2nc(N(C)C)c(CNCc3ccccc3C(F)(F)F)cc2c(OC)c1OC. The molecule has 3 rings (SSSR count). The number of aromatic nitrogens is 1. The molecule has 0 spiro atoms. The van der Waals surface area contributed by atoms with Gasteiger partial charge in [-0.2, -0.15) is 13.2 Å². The normalized spacial score (nSPS) is 11.5. The summed E-state index contributed by atoms with van der Waals surface area (Å²) in [5, 5.41) is 3.83. The molecule has 0 aliphatic heterocycles. The van der Waals surface area contributed by atoms with Crippen LogP contribution in [-0.2, 0) is 19.3 Å². The molecule has 1 N–H and O–H groups in total. The maximum atomic E-state index is 13.3. The van der Waals surface area contributed by atoms with Gasteiger partial charge in [-0.3, -0.25) is 0 Å². The molecule has 0 amide bonds. The van der Waals surface area contributed by atoms with Crippen molar-refractivity contribution in [2.45, 2.75) is 19.3 Å². The number of pyridine rings is 1. The van der Waals surface area contributed by atoms with Crippen LogP contribution in [0.4, 0.5) is 19.0 Å². The number of hydrogen-bond donors (Lipinski definition) is 1. The molecule has 6 nitrogen and oxygen atoms in total. The molecule has 0 aliphatic rings. The van der Waals surface area contributed by atoms with Crippen LogP contribution in [0.5, 0.6) is 17.2 Å². The predicted octanol–water partition coefficient (Wildman–Crippen LogP) is 4.64. The molecule has 0 saturated heterocycles. The Bertz CT molecular complexity index is 1100. The van der Waals surface area contributed by atoms with Gasteiger partial charge in [0, 0.05) is 44.2 Å². The third kappa shape index (κ3) is 4.67. The Morgan fingerprint density at radius 2 is 1.56 bits per heavy atom. The number of fused-ring (bicyclic) bond motifs is 1. The fourth-order valence-electron chi connectivity index (χ4n) is 3.62. The number of alkyl halides is 3. The van der Waals surface area contributed by atoms with E-state index in [2.05, 4.69) is 5.32 Å². The highest BCUT2D eigenvalue weighted by molar-refractivity contribution is 5.92. The van der Waals surface area contributed by atoms with Crippen molar-refractivity contribution in [3.05, 3.63) is 53.1 Å². The van der Waals surface area contributed by atoms with E-state index >= 15 is 0 Å². The molecule has 0 saturated carbocycles. The first-order valence-corrected chi connectivity index (χ1v) is 9.87. The average Bonchev–Trinajstić information content (AvgIpc) is 2.76. The number of nitrogens with one attached hydrogen (secondary N) is 1. The van der Waals surface area contributed by atoms with Crippen molar-refractivity contribution in [1.29, 1.82) is 0 Å². The minimum Gasteiger partial charge on any atom is -0.493 e. The first kappa shape index (κ1) is 23.5. The van der Waals surface area contributed by atoms with E-state index in [1.807, 2.05) is 25.1 Å². The number of methoxy groups -OCH3 is 3. The summed E-state index contributed by atoms with van der Waals surface area (Å²) in [4.78, 5) is 6.59. The summed E-state index contributed by atoms with van der Waals surface area (Å²) < 4.78 is 56.3. The largest absolute Gasteiger partial charge is 0.493 e. The average molecular weight is 449 g/mol. The van der Waals surface area contributed by atoms with Gasteiger partial charge in [0.05, 0.1) is 32.4 Å². The third-order valence-electron chi connectivity index (χ3n) is 5.06. The first-order chi connectivity index (χ1) is 15.2. The number of ether oxygens (including phenoxy) is 3. The molecule has 0 bridgehead atoms. The summed E-state index contributed by atoms with van der Waals surface area (Å²) >= 11 is 0. The molecule has 0 atom stereocenters. The monoisotopic (exact) mass is 449 g/mol. The summed E-state index contributed by atoms with van der Waals surface area (Å²) in [7, 11) is 8.30. The Kier molecular flexibility index (Phi) is 6.98. The Balaban J connectivity index is 1.98. The number of rotatable bonds is 8. The maximum Gasteiger partial charge on any atom is 0.416 e. The molecule has 0 fully saturated rings. The highest BCUT2D eigenvalue weighted by Crippen LogP contribution is 2.43. The molecule has 32 heavy (non-hydrogen) atoms. The molecule has 172 valence electrons. The Morgan fingerprint density at radius 3 is 2.16 bits per heavy atom. The van der Waals surface area contributed by atoms with Crippen LogP contribution in [0.2, 0.25) is 0 Å². The summed E-state index contributed by atoms with van der Waals surface area (Å²) in [5.74, 6) is 2.09. The van der Waals surface area contributed by atoms with Crippen LogP contribution in [0.15, 0.2) is 36.4 Å². The van der Waals surface area contributed by atoms with Gasteiger partial charge in [-0.1, -0.05) is 18.2 Å². The van der Waals surface area contributed by atoms with E-state index in [1.165, 1.54) is 33.5 Å². The van der Waals surface area contributed by atoms with Crippen LogP contribution in [0.3, 0.4) is 0 Å². The zero-order valence-electron chi connectivity index (χ0n) is 18.6. The second kappa shape index (κ2) is 9.52. The van der Waals surface area contributed by atoms with Gasteiger partial charge in [-0.05, 0) is 17.7 Å². The van der Waals surface area contributed by atoms with Gasteiger partial charge in [-0.15, -0.1) is 0 Å². The van der Waals surface area contributed by atoms with E-state index in [0.29, 0.717) is 40.5 Å². The van der Waals surface area contributed by atoms with Crippen molar-refractivity contribution in [2.75, 3.05) is 40.3 Å². The molecular formula is C23H26F3N3O3. The molecule has 0 unspecified atom stereocenters. The van der Waals surface area contributed by atoms with E-state index in [9.17, 15) is 13.2 Å². The molecule has 1 aromatic heterocycles. The van der Waals surface area contributed by atoms with Crippen molar-refractivity contribution in [3.63, 3.8) is 0 Å². The third-order valence-corrected chi connectivity index (χ3v) is 5.06. The summed E-state index contributed by atoms with van der Waals surface area (Å²) in [6.45, 7) is 0.365. The fraction of sp³-hybridized carbons (Fsp3) is 0.348. The zero-order chi connectivity index (χ0) is 23.5. The van der Waals surface area contributed by atoms with Crippen molar-refractivity contribution in [1.82, 2.24) is 10.3 Å². The summed E-state index contributed by atoms with van der Waals surface area (Å²) in [6, 6.07) is 9.21. The summed E-state index contributed by atoms with van der Waals surface area (Å²) in [5.41, 5.74) is 0.992. The number of benzene rings is 2. The number of hydrogen-bond acceptors (Lipinski definition) is 6. The van der Waals surface area contributed by atoms with Crippen molar-refractivity contribution < 1.29 is 27.4 Å². The molecule has 2 aromatic carbocycles. The van der Waals surface area contributed by atoms with Crippen molar-refractivity contribution in [3.8, 4) is 17.2 Å². The first-order valence-electron chi connectivity index (χ1n) is 9.87. The lowest BCUT2D eigenvalue weighted by Crippen LogP contribution is -2.20. The van der Waals surface area contributed by atoms with E-state index in [-0.39, 0.29) is 12.1 Å². The van der Waals surface area contributed by atoms with Crippen LogP contribution in [0.25, 0.3) is 10.9 Å². The lowest BCUT2D eigenvalue weighted by atomic mass is 10.1. The standard InChI is InChI=1S/C23H26F3N3O3/c1-29(2)22-15(13-27-12-14-8-6-7-9-17(14)23(24,25)26)10-16-18(28-22)11-19(30-3)21(32-5)20(16)31-4/h6-11,27H,12-13H2,1-5H3. The molecule has 0 radical (unpaired) electrons. The van der Waals surface area contributed by atoms with Gasteiger partial charge in [0.25, 0.3) is 0 Å². The van der Waals surface area contributed by atoms with Crippen LogP contribution >= 0.6 is 0 Å². The lowest BCUT2D eigenvalue weighted by Gasteiger charge is -2.20. The predicted molar refractivity (Wildman–Crippen MR) is 118 cm³/mol. The van der Waals surface area contributed by atoms with Crippen LogP contribution in [-0.4, -0.2) is 40.4 Å². The fourth-order valence-corrected chi connectivity index (χ4v) is 3.62. The number of nitrogens with zero attached hydrogens (tertiary/aromatic N) is 2. The molecule has 1 heterocycles. The number of anilines is 1. The van der Waals surface area contributed by atoms with Crippen molar-refractivity contribution >= 4 is 16.7 Å². The molecular weight excluding hydrogens is 423 g/mol. The van der Waals surface area contributed by atoms with Crippen LogP contribution in [0, 0.1) is 0 Å². The maximum absolute atomic E-state index is 13.3. The van der Waals surface area contributed by atoms with E-state index in [0.717, 1.165) is 11.6 Å².